The van der Waals surface area contributed by atoms with Crippen molar-refractivity contribution in [1.29, 1.82) is 0 Å². The standard InChI is InChI=1S/C6H7N3O3/c7-6(12)4-1-9(3-8-4)5(11)2-10/h1,3,10H,2H2,(H2,7,12). The highest BCUT2D eigenvalue weighted by molar-refractivity contribution is 5.91. The lowest BCUT2D eigenvalue weighted by atomic mass is 10.5. The van der Waals surface area contributed by atoms with E-state index in [0.717, 1.165) is 10.9 Å². The first-order chi connectivity index (χ1) is 5.65. The van der Waals surface area contributed by atoms with Crippen molar-refractivity contribution in [3.8, 4) is 0 Å². The summed E-state index contributed by atoms with van der Waals surface area (Å²) < 4.78 is 1.00. The van der Waals surface area contributed by atoms with Crippen LogP contribution in [0, 0.1) is 0 Å². The molecule has 0 bridgehead atoms. The van der Waals surface area contributed by atoms with E-state index in [2.05, 4.69) is 4.98 Å². The van der Waals surface area contributed by atoms with Gasteiger partial charge in [-0.2, -0.15) is 0 Å². The average Bonchev–Trinajstić information content (AvgIpc) is 2.51. The summed E-state index contributed by atoms with van der Waals surface area (Å²) in [5.74, 6) is -1.27. The number of nitrogens with zero attached hydrogens (tertiary/aromatic N) is 2. The van der Waals surface area contributed by atoms with Crippen molar-refractivity contribution in [2.75, 3.05) is 6.61 Å². The number of hydrogen-bond donors (Lipinski definition) is 2. The minimum absolute atomic E-state index is 0.00296. The highest BCUT2D eigenvalue weighted by atomic mass is 16.3. The summed E-state index contributed by atoms with van der Waals surface area (Å²) >= 11 is 0. The monoisotopic (exact) mass is 169 g/mol. The average molecular weight is 169 g/mol. The van der Waals surface area contributed by atoms with E-state index in [1.54, 1.807) is 0 Å². The quantitative estimate of drug-likeness (QED) is 0.569. The van der Waals surface area contributed by atoms with Gasteiger partial charge in [0.2, 0.25) is 0 Å². The SMILES string of the molecule is NC(=O)c1cn(C(=O)CO)cn1. The Bertz CT molecular complexity index is 318. The molecular formula is C6H7N3O3. The molecule has 1 amide bonds. The highest BCUT2D eigenvalue weighted by Crippen LogP contribution is 1.93. The number of hydrogen-bond acceptors (Lipinski definition) is 4. The Kier molecular flexibility index (Phi) is 2.20. The minimum atomic E-state index is -0.709. The lowest BCUT2D eigenvalue weighted by Crippen LogP contribution is -2.14. The van der Waals surface area contributed by atoms with Gasteiger partial charge < -0.3 is 10.8 Å². The molecule has 6 heteroatoms. The van der Waals surface area contributed by atoms with Crippen molar-refractivity contribution in [2.45, 2.75) is 0 Å². The van der Waals surface area contributed by atoms with E-state index >= 15 is 0 Å². The molecule has 3 N–H and O–H groups in total. The Morgan fingerprint density at radius 2 is 2.33 bits per heavy atom. The summed E-state index contributed by atoms with van der Waals surface area (Å²) in [4.78, 5) is 24.8. The molecule has 0 saturated carbocycles. The van der Waals surface area contributed by atoms with Crippen LogP contribution >= 0.6 is 0 Å². The molecule has 0 aromatic carbocycles. The number of carbonyl (C=O) groups excluding carboxylic acids is 2. The van der Waals surface area contributed by atoms with Gasteiger partial charge in [0, 0.05) is 6.20 Å². The van der Waals surface area contributed by atoms with E-state index in [1.165, 1.54) is 6.20 Å². The number of nitrogens with two attached hydrogens (primary N) is 1. The van der Waals surface area contributed by atoms with Crippen molar-refractivity contribution >= 4 is 11.8 Å². The molecule has 1 aromatic rings. The van der Waals surface area contributed by atoms with Crippen molar-refractivity contribution in [1.82, 2.24) is 9.55 Å². The molecule has 1 rings (SSSR count). The molecule has 0 aliphatic carbocycles. The lowest BCUT2D eigenvalue weighted by Gasteiger charge is -1.92. The first-order valence-electron chi connectivity index (χ1n) is 3.13. The Morgan fingerprint density at radius 3 is 2.75 bits per heavy atom. The molecule has 6 nitrogen and oxygen atoms in total. The van der Waals surface area contributed by atoms with E-state index in [4.69, 9.17) is 10.8 Å². The third-order valence-electron chi connectivity index (χ3n) is 1.26. The molecule has 0 aliphatic heterocycles. The number of aliphatic hydroxyl groups excluding tert-OH is 1. The van der Waals surface area contributed by atoms with Gasteiger partial charge in [0.05, 0.1) is 0 Å². The fraction of sp³-hybridized carbons (Fsp3) is 0.167. The van der Waals surface area contributed by atoms with Crippen LogP contribution in [0.25, 0.3) is 0 Å². The predicted octanol–water partition coefficient (Wildman–Crippen LogP) is -1.39. The molecule has 0 unspecified atom stereocenters. The number of aromatic nitrogens is 2. The first-order valence-corrected chi connectivity index (χ1v) is 3.13. The number of imidazole rings is 1. The van der Waals surface area contributed by atoms with Crippen LogP contribution in [-0.2, 0) is 0 Å². The van der Waals surface area contributed by atoms with Crippen LogP contribution in [0.15, 0.2) is 12.5 Å². The Hall–Kier alpha value is -1.69. The van der Waals surface area contributed by atoms with E-state index in [0.29, 0.717) is 0 Å². The van der Waals surface area contributed by atoms with Crippen LogP contribution in [0.5, 0.6) is 0 Å². The highest BCUT2D eigenvalue weighted by Gasteiger charge is 2.07. The van der Waals surface area contributed by atoms with Crippen LogP contribution in [0.1, 0.15) is 15.3 Å². The second-order valence-corrected chi connectivity index (χ2v) is 2.08. The zero-order chi connectivity index (χ0) is 9.14. The zero-order valence-electron chi connectivity index (χ0n) is 6.10. The normalized spacial score (nSPS) is 9.75. The van der Waals surface area contributed by atoms with E-state index in [1.807, 2.05) is 0 Å². The molecule has 0 saturated heterocycles. The summed E-state index contributed by atoms with van der Waals surface area (Å²) in [7, 11) is 0. The van der Waals surface area contributed by atoms with Crippen LogP contribution in [0.4, 0.5) is 0 Å². The zero-order valence-corrected chi connectivity index (χ0v) is 6.10. The predicted molar refractivity (Wildman–Crippen MR) is 38.5 cm³/mol. The summed E-state index contributed by atoms with van der Waals surface area (Å²) in [6.45, 7) is -0.630. The molecule has 1 heterocycles. The number of aliphatic hydroxyl groups is 1. The molecule has 0 radical (unpaired) electrons. The second kappa shape index (κ2) is 3.14. The van der Waals surface area contributed by atoms with E-state index < -0.39 is 18.4 Å². The fourth-order valence-corrected chi connectivity index (χ4v) is 0.668. The van der Waals surface area contributed by atoms with Crippen LogP contribution < -0.4 is 5.73 Å². The Morgan fingerprint density at radius 1 is 1.67 bits per heavy atom. The van der Waals surface area contributed by atoms with Gasteiger partial charge in [-0.25, -0.2) is 4.98 Å². The topological polar surface area (TPSA) is 98.2 Å². The van der Waals surface area contributed by atoms with E-state index in [9.17, 15) is 9.59 Å². The first kappa shape index (κ1) is 8.41. The van der Waals surface area contributed by atoms with Gasteiger partial charge >= 0.3 is 0 Å². The Labute approximate surface area is 67.6 Å². The Balaban J connectivity index is 2.91. The molecule has 64 valence electrons. The van der Waals surface area contributed by atoms with Crippen molar-refractivity contribution < 1.29 is 14.7 Å². The van der Waals surface area contributed by atoms with Crippen LogP contribution in [0.3, 0.4) is 0 Å². The van der Waals surface area contributed by atoms with Gasteiger partial charge in [-0.3, -0.25) is 14.2 Å². The fourth-order valence-electron chi connectivity index (χ4n) is 0.668. The van der Waals surface area contributed by atoms with Crippen molar-refractivity contribution in [3.05, 3.63) is 18.2 Å². The second-order valence-electron chi connectivity index (χ2n) is 2.08. The van der Waals surface area contributed by atoms with Gasteiger partial charge in [-0.05, 0) is 0 Å². The molecule has 0 spiro atoms. The number of primary amides is 1. The molecular weight excluding hydrogens is 162 g/mol. The number of carbonyl (C=O) groups is 2. The molecule has 12 heavy (non-hydrogen) atoms. The number of amides is 1. The summed E-state index contributed by atoms with van der Waals surface area (Å²) in [6.07, 6.45) is 2.29. The summed E-state index contributed by atoms with van der Waals surface area (Å²) in [6, 6.07) is 0. The van der Waals surface area contributed by atoms with Gasteiger partial charge in [0.1, 0.15) is 18.6 Å². The van der Waals surface area contributed by atoms with E-state index in [-0.39, 0.29) is 5.69 Å². The molecule has 1 aromatic heterocycles. The maximum atomic E-state index is 10.8. The lowest BCUT2D eigenvalue weighted by molar-refractivity contribution is 0.0818. The summed E-state index contributed by atoms with van der Waals surface area (Å²) in [5, 5.41) is 8.42. The largest absolute Gasteiger partial charge is 0.387 e. The summed E-state index contributed by atoms with van der Waals surface area (Å²) in [5.41, 5.74) is 4.88. The maximum absolute atomic E-state index is 10.8. The van der Waals surface area contributed by atoms with Crippen molar-refractivity contribution in [3.63, 3.8) is 0 Å². The van der Waals surface area contributed by atoms with Gasteiger partial charge in [0.25, 0.3) is 11.8 Å². The minimum Gasteiger partial charge on any atom is -0.387 e. The molecule has 0 atom stereocenters. The third kappa shape index (κ3) is 1.48. The van der Waals surface area contributed by atoms with Gasteiger partial charge in [0.15, 0.2) is 0 Å². The van der Waals surface area contributed by atoms with Crippen molar-refractivity contribution in [2.24, 2.45) is 5.73 Å². The molecule has 0 aliphatic rings. The smallest absolute Gasteiger partial charge is 0.268 e. The third-order valence-corrected chi connectivity index (χ3v) is 1.26. The molecule has 0 fully saturated rings. The maximum Gasteiger partial charge on any atom is 0.268 e. The number of rotatable bonds is 2. The van der Waals surface area contributed by atoms with Crippen LogP contribution in [-0.4, -0.2) is 33.1 Å². The van der Waals surface area contributed by atoms with Gasteiger partial charge in [-0.15, -0.1) is 0 Å². The van der Waals surface area contributed by atoms with Gasteiger partial charge in [-0.1, -0.05) is 0 Å². The van der Waals surface area contributed by atoms with Crippen LogP contribution in [0.2, 0.25) is 0 Å².